The molecule has 0 saturated heterocycles. The van der Waals surface area contributed by atoms with Crippen LogP contribution >= 0.6 is 7.75 Å². The van der Waals surface area contributed by atoms with Crippen LogP contribution in [0.25, 0.3) is 0 Å². The van der Waals surface area contributed by atoms with Crippen LogP contribution < -0.4 is 15.3 Å². The molecule has 0 heterocycles. The van der Waals surface area contributed by atoms with Crippen LogP contribution in [0.15, 0.2) is 78.9 Å². The van der Waals surface area contributed by atoms with E-state index >= 15 is 0 Å². The van der Waals surface area contributed by atoms with E-state index < -0.39 is 19.7 Å². The molecule has 10 heteroatoms. The zero-order valence-corrected chi connectivity index (χ0v) is 18.3. The van der Waals surface area contributed by atoms with Crippen LogP contribution in [0.1, 0.15) is 20.7 Å². The fraction of sp³-hybridized carbons (Fsp3) is 0.0909. The number of benzene rings is 3. The second-order valence-corrected chi connectivity index (χ2v) is 7.60. The molecule has 4 N–H and O–H groups in total. The average Bonchev–Trinajstić information content (AvgIpc) is 2.79. The Kier molecular flexibility index (Phi) is 8.83. The monoisotopic (exact) mass is 458 g/mol. The van der Waals surface area contributed by atoms with Gasteiger partial charge in [-0.2, -0.15) is 0 Å². The van der Waals surface area contributed by atoms with Crippen molar-refractivity contribution in [3.8, 4) is 5.75 Å². The molecule has 0 spiro atoms. The lowest BCUT2D eigenvalue weighted by atomic mass is 10.2. The maximum Gasteiger partial charge on any atom is 0.483 e. The van der Waals surface area contributed by atoms with Gasteiger partial charge in [0.1, 0.15) is 5.75 Å². The van der Waals surface area contributed by atoms with E-state index in [2.05, 4.69) is 14.6 Å². The maximum absolute atomic E-state index is 12.1. The summed E-state index contributed by atoms with van der Waals surface area (Å²) in [4.78, 5) is 32.4. The van der Waals surface area contributed by atoms with Gasteiger partial charge in [-0.05, 0) is 36.4 Å². The molecule has 0 aliphatic heterocycles. The van der Waals surface area contributed by atoms with Crippen LogP contribution in [0.4, 0.5) is 11.4 Å². The van der Waals surface area contributed by atoms with Gasteiger partial charge in [0.15, 0.2) is 0 Å². The summed E-state index contributed by atoms with van der Waals surface area (Å²) in [5.74, 6) is -0.771. The highest BCUT2D eigenvalue weighted by atomic mass is 31.2. The van der Waals surface area contributed by atoms with E-state index in [-0.39, 0.29) is 17.0 Å². The largest absolute Gasteiger partial charge is 0.483 e. The minimum Gasteiger partial charge on any atom is -0.465 e. The zero-order valence-electron chi connectivity index (χ0n) is 17.4. The van der Waals surface area contributed by atoms with E-state index in [1.807, 2.05) is 0 Å². The van der Waals surface area contributed by atoms with Gasteiger partial charge >= 0.3 is 19.7 Å². The third-order valence-electron chi connectivity index (χ3n) is 3.93. The van der Waals surface area contributed by atoms with Crippen molar-refractivity contribution in [3.63, 3.8) is 0 Å². The molecule has 0 saturated carbocycles. The SMILES string of the molecule is COC(=O)c1ccccc1N.COC(=O)c1ccccc1NP(=O)(O)Oc1ccccc1. The molecule has 0 aliphatic rings. The highest BCUT2D eigenvalue weighted by Gasteiger charge is 2.24. The maximum atomic E-state index is 12.1. The van der Waals surface area contributed by atoms with Crippen molar-refractivity contribution >= 4 is 31.1 Å². The molecule has 9 nitrogen and oxygen atoms in total. The molecule has 3 aromatic carbocycles. The number of nitrogen functional groups attached to an aromatic ring is 1. The van der Waals surface area contributed by atoms with Gasteiger partial charge in [-0.3, -0.25) is 9.98 Å². The highest BCUT2D eigenvalue weighted by molar-refractivity contribution is 7.54. The van der Waals surface area contributed by atoms with Crippen molar-refractivity contribution < 1.29 is 33.0 Å². The lowest BCUT2D eigenvalue weighted by molar-refractivity contribution is 0.0593. The van der Waals surface area contributed by atoms with Gasteiger partial charge in [-0.1, -0.05) is 42.5 Å². The molecule has 1 unspecified atom stereocenters. The molecular weight excluding hydrogens is 435 g/mol. The van der Waals surface area contributed by atoms with E-state index in [0.29, 0.717) is 11.3 Å². The van der Waals surface area contributed by atoms with Crippen LogP contribution in [0, 0.1) is 0 Å². The van der Waals surface area contributed by atoms with Crippen LogP contribution in [0.5, 0.6) is 5.75 Å². The van der Waals surface area contributed by atoms with Crippen molar-refractivity contribution in [2.24, 2.45) is 0 Å². The molecule has 168 valence electrons. The highest BCUT2D eigenvalue weighted by Crippen LogP contribution is 2.43. The summed E-state index contributed by atoms with van der Waals surface area (Å²) in [6.07, 6.45) is 0. The Morgan fingerprint density at radius 3 is 1.91 bits per heavy atom. The van der Waals surface area contributed by atoms with Crippen LogP contribution in [-0.2, 0) is 14.0 Å². The Morgan fingerprint density at radius 1 is 0.812 bits per heavy atom. The molecule has 3 aromatic rings. The summed E-state index contributed by atoms with van der Waals surface area (Å²) < 4.78 is 26.2. The van der Waals surface area contributed by atoms with Gasteiger partial charge in [0.2, 0.25) is 0 Å². The third-order valence-corrected chi connectivity index (χ3v) is 4.91. The normalized spacial score (nSPS) is 11.7. The second kappa shape index (κ2) is 11.5. The number of esters is 2. The number of rotatable bonds is 6. The van der Waals surface area contributed by atoms with Gasteiger partial charge in [-0.25, -0.2) is 14.2 Å². The summed E-state index contributed by atoms with van der Waals surface area (Å²) in [6.45, 7) is 0. The van der Waals surface area contributed by atoms with E-state index in [9.17, 15) is 19.0 Å². The molecule has 1 atom stereocenters. The Labute approximate surface area is 185 Å². The Balaban J connectivity index is 0.000000278. The minimum atomic E-state index is -4.17. The lowest BCUT2D eigenvalue weighted by Crippen LogP contribution is -2.09. The smallest absolute Gasteiger partial charge is 0.465 e. The number of carbonyl (C=O) groups is 2. The second-order valence-electron chi connectivity index (χ2n) is 6.15. The molecule has 0 bridgehead atoms. The first kappa shape index (κ1) is 24.5. The Bertz CT molecular complexity index is 1110. The minimum absolute atomic E-state index is 0.144. The topological polar surface area (TPSA) is 137 Å². The molecule has 0 aliphatic carbocycles. The number of nitrogens with one attached hydrogen (secondary N) is 1. The van der Waals surface area contributed by atoms with Crippen LogP contribution in [0.3, 0.4) is 0 Å². The third kappa shape index (κ3) is 7.16. The Morgan fingerprint density at radius 2 is 1.31 bits per heavy atom. The van der Waals surface area contributed by atoms with E-state index in [1.54, 1.807) is 66.7 Å². The van der Waals surface area contributed by atoms with E-state index in [0.717, 1.165) is 0 Å². The van der Waals surface area contributed by atoms with Gasteiger partial charge in [0, 0.05) is 5.69 Å². The van der Waals surface area contributed by atoms with Gasteiger partial charge in [0.05, 0.1) is 31.0 Å². The molecular formula is C22H23N2O7P. The first-order chi connectivity index (χ1) is 15.3. The van der Waals surface area contributed by atoms with Crippen molar-refractivity contribution in [2.75, 3.05) is 25.0 Å². The summed E-state index contributed by atoms with van der Waals surface area (Å²) >= 11 is 0. The molecule has 0 radical (unpaired) electrons. The number of nitrogens with two attached hydrogens (primary N) is 1. The number of hydrogen-bond acceptors (Lipinski definition) is 7. The van der Waals surface area contributed by atoms with Crippen LogP contribution in [0.2, 0.25) is 0 Å². The molecule has 0 fully saturated rings. The fourth-order valence-corrected chi connectivity index (χ4v) is 3.41. The first-order valence-corrected chi connectivity index (χ1v) is 10.8. The number of anilines is 2. The van der Waals surface area contributed by atoms with Gasteiger partial charge in [0.25, 0.3) is 0 Å². The van der Waals surface area contributed by atoms with Crippen molar-refractivity contribution in [1.82, 2.24) is 0 Å². The van der Waals surface area contributed by atoms with Crippen LogP contribution in [-0.4, -0.2) is 31.1 Å². The standard InChI is InChI=1S/C14H14NO5P.C8H9NO2/c1-19-14(16)12-9-5-6-10-13(12)15-21(17,18)20-11-7-3-2-4-8-11;1-11-8(10)6-4-2-3-5-7(6)9/h2-10H,1H3,(H2,15,17,18);2-5H,9H2,1H3. The molecule has 3 rings (SSSR count). The molecule has 0 aromatic heterocycles. The fourth-order valence-electron chi connectivity index (χ4n) is 2.46. The predicted octanol–water partition coefficient (Wildman–Crippen LogP) is 4.12. The first-order valence-electron chi connectivity index (χ1n) is 9.23. The summed E-state index contributed by atoms with van der Waals surface area (Å²) in [7, 11) is -1.61. The van der Waals surface area contributed by atoms with Crippen molar-refractivity contribution in [2.45, 2.75) is 0 Å². The van der Waals surface area contributed by atoms with E-state index in [1.165, 1.54) is 26.4 Å². The summed E-state index contributed by atoms with van der Waals surface area (Å²) in [5, 5.41) is 2.34. The van der Waals surface area contributed by atoms with Crippen molar-refractivity contribution in [3.05, 3.63) is 90.0 Å². The number of methoxy groups -OCH3 is 2. The van der Waals surface area contributed by atoms with E-state index in [4.69, 9.17) is 10.3 Å². The lowest BCUT2D eigenvalue weighted by Gasteiger charge is -2.16. The number of ether oxygens (including phenoxy) is 2. The predicted molar refractivity (Wildman–Crippen MR) is 120 cm³/mol. The number of carbonyl (C=O) groups excluding carboxylic acids is 2. The molecule has 0 amide bonds. The summed E-state index contributed by atoms with van der Waals surface area (Å²) in [5.41, 5.74) is 6.65. The van der Waals surface area contributed by atoms with Gasteiger partial charge < -0.3 is 19.7 Å². The number of hydrogen-bond donors (Lipinski definition) is 3. The quantitative estimate of drug-likeness (QED) is 0.283. The van der Waals surface area contributed by atoms with Gasteiger partial charge in [-0.15, -0.1) is 0 Å². The number of para-hydroxylation sites is 3. The van der Waals surface area contributed by atoms with Crippen molar-refractivity contribution in [1.29, 1.82) is 0 Å². The summed E-state index contributed by atoms with van der Waals surface area (Å²) in [6, 6.07) is 21.2. The average molecular weight is 458 g/mol. The Hall–Kier alpha value is -3.81. The molecule has 32 heavy (non-hydrogen) atoms. The zero-order chi connectivity index (χ0) is 23.6.